The summed E-state index contributed by atoms with van der Waals surface area (Å²) in [7, 11) is 0. The first-order chi connectivity index (χ1) is 11.5. The minimum Gasteiger partial charge on any atom is -0.356 e. The van der Waals surface area contributed by atoms with Crippen LogP contribution in [0.1, 0.15) is 45.0 Å². The van der Waals surface area contributed by atoms with E-state index in [9.17, 15) is 24.0 Å². The van der Waals surface area contributed by atoms with E-state index >= 15 is 0 Å². The lowest BCUT2D eigenvalue weighted by Gasteiger charge is -2.35. The van der Waals surface area contributed by atoms with Gasteiger partial charge in [0.25, 0.3) is 11.8 Å². The standard InChI is InChI=1S/C16H13N3O5/c20-7-5-19(6-7)10-3-1-9-13(16(24)18-15(9)23)12(10)8-2-4-11(21)17-14(8)22/h1,3,8H,2,4-6H2,(H,17,21,22)(H,18,23,24). The average molecular weight is 327 g/mol. The maximum Gasteiger partial charge on any atom is 0.259 e. The zero-order chi connectivity index (χ0) is 17.0. The summed E-state index contributed by atoms with van der Waals surface area (Å²) in [6, 6.07) is 3.19. The number of hydrogen-bond acceptors (Lipinski definition) is 6. The normalized spacial score (nSPS) is 22.9. The smallest absolute Gasteiger partial charge is 0.259 e. The summed E-state index contributed by atoms with van der Waals surface area (Å²) in [5.74, 6) is -2.55. The Bertz CT molecular complexity index is 836. The Balaban J connectivity index is 1.87. The van der Waals surface area contributed by atoms with E-state index in [-0.39, 0.29) is 48.7 Å². The lowest BCUT2D eigenvalue weighted by atomic mass is 9.84. The van der Waals surface area contributed by atoms with Crippen molar-refractivity contribution in [3.05, 3.63) is 28.8 Å². The molecule has 0 aliphatic carbocycles. The molecule has 1 unspecified atom stereocenters. The molecule has 1 aromatic carbocycles. The largest absolute Gasteiger partial charge is 0.356 e. The number of hydrogen-bond donors (Lipinski definition) is 2. The number of carbonyl (C=O) groups is 5. The van der Waals surface area contributed by atoms with Crippen molar-refractivity contribution < 1.29 is 24.0 Å². The van der Waals surface area contributed by atoms with Gasteiger partial charge in [0.2, 0.25) is 11.8 Å². The topological polar surface area (TPSA) is 113 Å². The lowest BCUT2D eigenvalue weighted by molar-refractivity contribution is -0.134. The van der Waals surface area contributed by atoms with Crippen molar-refractivity contribution in [1.29, 1.82) is 0 Å². The highest BCUT2D eigenvalue weighted by Crippen LogP contribution is 2.39. The molecule has 122 valence electrons. The molecule has 4 rings (SSSR count). The van der Waals surface area contributed by atoms with Crippen LogP contribution in [0.25, 0.3) is 0 Å². The number of anilines is 1. The summed E-state index contributed by atoms with van der Waals surface area (Å²) in [6.07, 6.45) is 0.422. The van der Waals surface area contributed by atoms with Gasteiger partial charge in [-0.15, -0.1) is 0 Å². The van der Waals surface area contributed by atoms with Gasteiger partial charge in [0, 0.05) is 17.7 Å². The van der Waals surface area contributed by atoms with Crippen LogP contribution in [0.2, 0.25) is 0 Å². The molecule has 24 heavy (non-hydrogen) atoms. The Labute approximate surface area is 136 Å². The second-order valence-electron chi connectivity index (χ2n) is 6.10. The Kier molecular flexibility index (Phi) is 3.02. The average Bonchev–Trinajstić information content (AvgIpc) is 2.79. The lowest BCUT2D eigenvalue weighted by Crippen LogP contribution is -2.48. The fraction of sp³-hybridized carbons (Fsp3) is 0.312. The van der Waals surface area contributed by atoms with Crippen molar-refractivity contribution in [1.82, 2.24) is 10.6 Å². The van der Waals surface area contributed by atoms with Gasteiger partial charge in [-0.2, -0.15) is 0 Å². The summed E-state index contributed by atoms with van der Waals surface area (Å²) in [6.45, 7) is 0.406. The van der Waals surface area contributed by atoms with E-state index in [1.165, 1.54) is 6.07 Å². The Hall–Kier alpha value is -3.03. The third-order valence-electron chi connectivity index (χ3n) is 4.58. The molecule has 2 fully saturated rings. The molecule has 8 heteroatoms. The molecule has 0 bridgehead atoms. The number of amides is 4. The molecule has 3 aliphatic heterocycles. The van der Waals surface area contributed by atoms with E-state index in [1.54, 1.807) is 11.0 Å². The second kappa shape index (κ2) is 4.98. The molecule has 0 aromatic heterocycles. The van der Waals surface area contributed by atoms with Crippen molar-refractivity contribution in [3.63, 3.8) is 0 Å². The highest BCUT2D eigenvalue weighted by molar-refractivity contribution is 6.23. The molecule has 0 radical (unpaired) electrons. The van der Waals surface area contributed by atoms with E-state index in [0.717, 1.165) is 0 Å². The van der Waals surface area contributed by atoms with E-state index in [1.807, 2.05) is 0 Å². The van der Waals surface area contributed by atoms with E-state index < -0.39 is 23.6 Å². The van der Waals surface area contributed by atoms with Gasteiger partial charge in [-0.25, -0.2) is 0 Å². The first-order valence-corrected chi connectivity index (χ1v) is 7.58. The van der Waals surface area contributed by atoms with E-state index in [0.29, 0.717) is 11.3 Å². The molecule has 1 aromatic rings. The van der Waals surface area contributed by atoms with Gasteiger partial charge in [0.05, 0.1) is 30.1 Å². The van der Waals surface area contributed by atoms with Crippen LogP contribution in [0, 0.1) is 0 Å². The van der Waals surface area contributed by atoms with Gasteiger partial charge in [0.1, 0.15) is 0 Å². The number of Topliss-reactive ketones (excluding diaryl/α,β-unsaturated/α-hetero) is 1. The van der Waals surface area contributed by atoms with Crippen LogP contribution >= 0.6 is 0 Å². The van der Waals surface area contributed by atoms with Gasteiger partial charge in [0.15, 0.2) is 5.78 Å². The highest BCUT2D eigenvalue weighted by atomic mass is 16.2. The van der Waals surface area contributed by atoms with Crippen molar-refractivity contribution in [3.8, 4) is 0 Å². The zero-order valence-corrected chi connectivity index (χ0v) is 12.5. The third kappa shape index (κ3) is 2.03. The number of imide groups is 2. The van der Waals surface area contributed by atoms with Crippen LogP contribution in [0.15, 0.2) is 12.1 Å². The summed E-state index contributed by atoms with van der Waals surface area (Å²) in [5, 5.41) is 4.51. The van der Waals surface area contributed by atoms with Crippen LogP contribution < -0.4 is 15.5 Å². The van der Waals surface area contributed by atoms with Crippen molar-refractivity contribution in [2.24, 2.45) is 0 Å². The maximum absolute atomic E-state index is 12.3. The van der Waals surface area contributed by atoms with Crippen LogP contribution in [-0.2, 0) is 14.4 Å². The number of carbonyl (C=O) groups excluding carboxylic acids is 5. The molecule has 8 nitrogen and oxygen atoms in total. The molecule has 0 saturated carbocycles. The quantitative estimate of drug-likeness (QED) is 0.707. The van der Waals surface area contributed by atoms with Crippen molar-refractivity contribution >= 4 is 35.1 Å². The fourth-order valence-corrected chi connectivity index (χ4v) is 3.42. The van der Waals surface area contributed by atoms with Gasteiger partial charge in [-0.1, -0.05) is 0 Å². The summed E-state index contributed by atoms with van der Waals surface area (Å²) in [5.41, 5.74) is 1.41. The van der Waals surface area contributed by atoms with E-state index in [2.05, 4.69) is 10.6 Å². The first-order valence-electron chi connectivity index (χ1n) is 7.58. The van der Waals surface area contributed by atoms with Gasteiger partial charge >= 0.3 is 0 Å². The summed E-state index contributed by atoms with van der Waals surface area (Å²) in [4.78, 5) is 61.0. The Morgan fingerprint density at radius 3 is 2.38 bits per heavy atom. The number of fused-ring (bicyclic) bond motifs is 1. The monoisotopic (exact) mass is 327 g/mol. The molecule has 3 aliphatic rings. The van der Waals surface area contributed by atoms with Gasteiger partial charge < -0.3 is 4.90 Å². The highest BCUT2D eigenvalue weighted by Gasteiger charge is 2.40. The van der Waals surface area contributed by atoms with Crippen molar-refractivity contribution in [2.75, 3.05) is 18.0 Å². The number of rotatable bonds is 2. The van der Waals surface area contributed by atoms with Crippen molar-refractivity contribution in [2.45, 2.75) is 18.8 Å². The van der Waals surface area contributed by atoms with Crippen LogP contribution in [0.3, 0.4) is 0 Å². The maximum atomic E-state index is 12.3. The molecule has 1 atom stereocenters. The molecular weight excluding hydrogens is 314 g/mol. The zero-order valence-electron chi connectivity index (χ0n) is 12.5. The van der Waals surface area contributed by atoms with Crippen LogP contribution in [0.5, 0.6) is 0 Å². The number of benzene rings is 1. The SMILES string of the molecule is O=C1CN(c2ccc3c(c2C2CCC(=O)NC2=O)C(=O)NC3=O)C1. The van der Waals surface area contributed by atoms with E-state index in [4.69, 9.17) is 0 Å². The number of ketones is 1. The molecule has 2 saturated heterocycles. The predicted molar refractivity (Wildman–Crippen MR) is 80.6 cm³/mol. The Morgan fingerprint density at radius 2 is 1.71 bits per heavy atom. The Morgan fingerprint density at radius 1 is 0.958 bits per heavy atom. The number of piperidine rings is 1. The fourth-order valence-electron chi connectivity index (χ4n) is 3.42. The minimum absolute atomic E-state index is 0.0604. The van der Waals surface area contributed by atoms with Crippen LogP contribution in [0.4, 0.5) is 5.69 Å². The number of nitrogens with zero attached hydrogens (tertiary/aromatic N) is 1. The predicted octanol–water partition coefficient (Wildman–Crippen LogP) is -0.520. The van der Waals surface area contributed by atoms with Gasteiger partial charge in [-0.05, 0) is 18.6 Å². The van der Waals surface area contributed by atoms with Gasteiger partial charge in [-0.3, -0.25) is 34.6 Å². The molecular formula is C16H13N3O5. The third-order valence-corrected chi connectivity index (χ3v) is 4.58. The molecule has 3 heterocycles. The molecule has 0 spiro atoms. The molecule has 2 N–H and O–H groups in total. The summed E-state index contributed by atoms with van der Waals surface area (Å²) >= 11 is 0. The van der Waals surface area contributed by atoms with Crippen LogP contribution in [-0.4, -0.2) is 42.5 Å². The summed E-state index contributed by atoms with van der Waals surface area (Å²) < 4.78 is 0. The molecule has 4 amide bonds. The second-order valence-corrected chi connectivity index (χ2v) is 6.10. The minimum atomic E-state index is -0.708. The number of nitrogens with one attached hydrogen (secondary N) is 2. The first kappa shape index (κ1) is 14.6.